The lowest BCUT2D eigenvalue weighted by atomic mass is 9.78. The average Bonchev–Trinajstić information content (AvgIpc) is 2.48. The molecule has 0 fully saturated rings. The van der Waals surface area contributed by atoms with E-state index in [1.54, 1.807) is 0 Å². The molecule has 2 N–H and O–H groups in total. The largest absolute Gasteiger partial charge is 0.323 e. The van der Waals surface area contributed by atoms with Gasteiger partial charge < -0.3 is 5.73 Å². The molecule has 0 aliphatic heterocycles. The van der Waals surface area contributed by atoms with Crippen LogP contribution in [0.25, 0.3) is 0 Å². The van der Waals surface area contributed by atoms with Crippen molar-refractivity contribution in [2.75, 3.05) is 0 Å². The first-order chi connectivity index (χ1) is 10.1. The maximum atomic E-state index is 14.0. The monoisotopic (exact) mass is 289 g/mol. The fraction of sp³-hybridized carbons (Fsp3) is 0.333. The minimum Gasteiger partial charge on any atom is -0.323 e. The molecule has 112 valence electrons. The summed E-state index contributed by atoms with van der Waals surface area (Å²) in [5, 5.41) is 0. The Kier molecular flexibility index (Phi) is 5.07. The predicted molar refractivity (Wildman–Crippen MR) is 81.9 cm³/mol. The summed E-state index contributed by atoms with van der Waals surface area (Å²) in [5.74, 6) is -1.05. The minimum atomic E-state index is -0.705. The number of nitrogens with two attached hydrogens (primary N) is 1. The molecule has 0 heterocycles. The summed E-state index contributed by atoms with van der Waals surface area (Å²) in [4.78, 5) is 0. The molecule has 2 aromatic rings. The Balaban J connectivity index is 2.47. The van der Waals surface area contributed by atoms with Gasteiger partial charge in [-0.15, -0.1) is 0 Å². The summed E-state index contributed by atoms with van der Waals surface area (Å²) in [6.07, 6.45) is 0.892. The molecule has 3 unspecified atom stereocenters. The van der Waals surface area contributed by atoms with Gasteiger partial charge in [0.15, 0.2) is 0 Å². The summed E-state index contributed by atoms with van der Waals surface area (Å²) >= 11 is 0. The minimum absolute atomic E-state index is 0.0216. The molecule has 3 heteroatoms. The van der Waals surface area contributed by atoms with E-state index in [0.717, 1.165) is 12.0 Å². The maximum absolute atomic E-state index is 14.0. The molecule has 0 aliphatic rings. The van der Waals surface area contributed by atoms with Crippen molar-refractivity contribution in [3.63, 3.8) is 0 Å². The molecule has 0 saturated heterocycles. The van der Waals surface area contributed by atoms with Gasteiger partial charge >= 0.3 is 0 Å². The number of benzene rings is 2. The standard InChI is InChI=1S/C18H21F2N/c1-3-12(2)16(13-8-5-4-6-9-13)18(21)17-14(19)10-7-11-15(17)20/h4-12,16,18H,3,21H2,1-2H3. The number of hydrogen-bond acceptors (Lipinski definition) is 1. The number of hydrogen-bond donors (Lipinski definition) is 1. The van der Waals surface area contributed by atoms with E-state index in [2.05, 4.69) is 13.8 Å². The van der Waals surface area contributed by atoms with E-state index in [0.29, 0.717) is 0 Å². The van der Waals surface area contributed by atoms with Crippen molar-refractivity contribution in [2.24, 2.45) is 11.7 Å². The summed E-state index contributed by atoms with van der Waals surface area (Å²) < 4.78 is 28.0. The van der Waals surface area contributed by atoms with Crippen LogP contribution in [0, 0.1) is 17.6 Å². The van der Waals surface area contributed by atoms with E-state index in [1.165, 1.54) is 18.2 Å². The Morgan fingerprint density at radius 3 is 2.05 bits per heavy atom. The van der Waals surface area contributed by atoms with E-state index in [4.69, 9.17) is 5.73 Å². The molecular weight excluding hydrogens is 268 g/mol. The van der Waals surface area contributed by atoms with Crippen LogP contribution >= 0.6 is 0 Å². The molecule has 0 bridgehead atoms. The van der Waals surface area contributed by atoms with Gasteiger partial charge in [0.2, 0.25) is 0 Å². The van der Waals surface area contributed by atoms with Crippen molar-refractivity contribution in [3.8, 4) is 0 Å². The van der Waals surface area contributed by atoms with Gasteiger partial charge in [-0.25, -0.2) is 8.78 Å². The van der Waals surface area contributed by atoms with Crippen molar-refractivity contribution >= 4 is 0 Å². The molecular formula is C18H21F2N. The van der Waals surface area contributed by atoms with E-state index in [1.807, 2.05) is 30.3 Å². The first-order valence-electron chi connectivity index (χ1n) is 7.30. The van der Waals surface area contributed by atoms with E-state index in [-0.39, 0.29) is 17.4 Å². The highest BCUT2D eigenvalue weighted by atomic mass is 19.1. The molecule has 3 atom stereocenters. The van der Waals surface area contributed by atoms with E-state index >= 15 is 0 Å². The van der Waals surface area contributed by atoms with Gasteiger partial charge in [0.25, 0.3) is 0 Å². The fourth-order valence-corrected chi connectivity index (χ4v) is 2.83. The quantitative estimate of drug-likeness (QED) is 0.841. The smallest absolute Gasteiger partial charge is 0.130 e. The van der Waals surface area contributed by atoms with Crippen molar-refractivity contribution in [3.05, 3.63) is 71.3 Å². The van der Waals surface area contributed by atoms with Crippen LogP contribution in [0.3, 0.4) is 0 Å². The molecule has 0 aromatic heterocycles. The van der Waals surface area contributed by atoms with Gasteiger partial charge in [-0.3, -0.25) is 0 Å². The molecule has 0 spiro atoms. The van der Waals surface area contributed by atoms with Crippen molar-refractivity contribution < 1.29 is 8.78 Å². The van der Waals surface area contributed by atoms with Gasteiger partial charge in [0.1, 0.15) is 11.6 Å². The second-order valence-corrected chi connectivity index (χ2v) is 5.48. The van der Waals surface area contributed by atoms with Crippen LogP contribution < -0.4 is 5.73 Å². The van der Waals surface area contributed by atoms with Gasteiger partial charge in [-0.2, -0.15) is 0 Å². The summed E-state index contributed by atoms with van der Waals surface area (Å²) in [6, 6.07) is 12.9. The Morgan fingerprint density at radius 1 is 0.952 bits per heavy atom. The maximum Gasteiger partial charge on any atom is 0.130 e. The van der Waals surface area contributed by atoms with Crippen LogP contribution in [0.2, 0.25) is 0 Å². The van der Waals surface area contributed by atoms with Gasteiger partial charge in [0, 0.05) is 17.5 Å². The summed E-state index contributed by atoms with van der Waals surface area (Å²) in [5.41, 5.74) is 7.26. The Labute approximate surface area is 124 Å². The third-order valence-corrected chi connectivity index (χ3v) is 4.16. The zero-order valence-electron chi connectivity index (χ0n) is 12.4. The predicted octanol–water partition coefficient (Wildman–Crippen LogP) is 4.79. The van der Waals surface area contributed by atoms with E-state index in [9.17, 15) is 8.78 Å². The summed E-state index contributed by atoms with van der Waals surface area (Å²) in [6.45, 7) is 4.13. The molecule has 21 heavy (non-hydrogen) atoms. The van der Waals surface area contributed by atoms with Crippen molar-refractivity contribution in [1.29, 1.82) is 0 Å². The zero-order valence-corrected chi connectivity index (χ0v) is 12.4. The SMILES string of the molecule is CCC(C)C(c1ccccc1)C(N)c1c(F)cccc1F. The van der Waals surface area contributed by atoms with Crippen LogP contribution in [0.5, 0.6) is 0 Å². The van der Waals surface area contributed by atoms with Crippen LogP contribution in [0.15, 0.2) is 48.5 Å². The first kappa shape index (κ1) is 15.6. The highest BCUT2D eigenvalue weighted by molar-refractivity contribution is 5.30. The Bertz CT molecular complexity index is 563. The average molecular weight is 289 g/mol. The molecule has 2 aromatic carbocycles. The second kappa shape index (κ2) is 6.81. The van der Waals surface area contributed by atoms with E-state index < -0.39 is 17.7 Å². The van der Waals surface area contributed by atoms with Crippen molar-refractivity contribution in [1.82, 2.24) is 0 Å². The first-order valence-corrected chi connectivity index (χ1v) is 7.30. The third-order valence-electron chi connectivity index (χ3n) is 4.16. The van der Waals surface area contributed by atoms with Gasteiger partial charge in [0.05, 0.1) is 0 Å². The number of halogens is 2. The fourth-order valence-electron chi connectivity index (χ4n) is 2.83. The number of rotatable bonds is 5. The lowest BCUT2D eigenvalue weighted by Gasteiger charge is -2.30. The Morgan fingerprint density at radius 2 is 1.52 bits per heavy atom. The molecule has 0 amide bonds. The molecule has 2 rings (SSSR count). The third kappa shape index (κ3) is 3.30. The zero-order chi connectivity index (χ0) is 15.4. The normalized spacial score (nSPS) is 15.5. The molecule has 0 saturated carbocycles. The molecule has 0 aliphatic carbocycles. The molecule has 0 radical (unpaired) electrons. The second-order valence-electron chi connectivity index (χ2n) is 5.48. The Hall–Kier alpha value is -1.74. The lowest BCUT2D eigenvalue weighted by Crippen LogP contribution is -2.26. The van der Waals surface area contributed by atoms with Gasteiger partial charge in [-0.05, 0) is 23.6 Å². The molecule has 1 nitrogen and oxygen atoms in total. The highest BCUT2D eigenvalue weighted by Crippen LogP contribution is 2.38. The van der Waals surface area contributed by atoms with Crippen molar-refractivity contribution in [2.45, 2.75) is 32.2 Å². The van der Waals surface area contributed by atoms with Crippen LogP contribution in [0.4, 0.5) is 8.78 Å². The summed E-state index contributed by atoms with van der Waals surface area (Å²) in [7, 11) is 0. The van der Waals surface area contributed by atoms with Crippen LogP contribution in [-0.4, -0.2) is 0 Å². The van der Waals surface area contributed by atoms with Crippen LogP contribution in [0.1, 0.15) is 43.4 Å². The highest BCUT2D eigenvalue weighted by Gasteiger charge is 2.29. The van der Waals surface area contributed by atoms with Gasteiger partial charge in [-0.1, -0.05) is 56.7 Å². The lowest BCUT2D eigenvalue weighted by molar-refractivity contribution is 0.371. The topological polar surface area (TPSA) is 26.0 Å². The van der Waals surface area contributed by atoms with Crippen LogP contribution in [-0.2, 0) is 0 Å².